The van der Waals surface area contributed by atoms with Gasteiger partial charge in [0.05, 0.1) is 18.8 Å². The van der Waals surface area contributed by atoms with Crippen LogP contribution in [0.25, 0.3) is 21.8 Å². The number of aryl methyl sites for hydroxylation is 3. The molecule has 5 N–H and O–H groups in total. The Labute approximate surface area is 243 Å². The van der Waals surface area contributed by atoms with Crippen molar-refractivity contribution in [1.29, 1.82) is 0 Å². The quantitative estimate of drug-likeness (QED) is 0.191. The lowest BCUT2D eigenvalue weighted by Gasteiger charge is -2.15. The predicted octanol–water partition coefficient (Wildman–Crippen LogP) is 4.82. The molecule has 9 nitrogen and oxygen atoms in total. The van der Waals surface area contributed by atoms with Crippen molar-refractivity contribution in [2.75, 3.05) is 6.54 Å². The summed E-state index contributed by atoms with van der Waals surface area (Å²) in [5.41, 5.74) is 13.7. The molecule has 4 heterocycles. The molecule has 0 fully saturated rings. The SMILES string of the molecule is NCCCn1cc(Cn2ccc3ccc(CCCc4[nH]c5ccccc5c4C4NC(=O)c5ccc(O)cc54)cc32)nn1. The Morgan fingerprint density at radius 3 is 2.81 bits per heavy atom. The Morgan fingerprint density at radius 2 is 1.90 bits per heavy atom. The fraction of sp³-hybridized carbons (Fsp3) is 0.242. The fourth-order valence-electron chi connectivity index (χ4n) is 6.20. The van der Waals surface area contributed by atoms with Gasteiger partial charge in [0.25, 0.3) is 5.91 Å². The lowest BCUT2D eigenvalue weighted by atomic mass is 9.94. The van der Waals surface area contributed by atoms with Gasteiger partial charge in [-0.1, -0.05) is 35.5 Å². The Hall–Kier alpha value is -4.89. The number of hydrogen-bond acceptors (Lipinski definition) is 5. The van der Waals surface area contributed by atoms with Crippen molar-refractivity contribution in [3.05, 3.63) is 113 Å². The van der Waals surface area contributed by atoms with Crippen molar-refractivity contribution in [1.82, 2.24) is 29.9 Å². The first kappa shape index (κ1) is 26.0. The number of nitrogens with zero attached hydrogens (tertiary/aromatic N) is 4. The first-order valence-electron chi connectivity index (χ1n) is 14.5. The summed E-state index contributed by atoms with van der Waals surface area (Å²) in [6.07, 6.45) is 7.67. The second-order valence-corrected chi connectivity index (χ2v) is 11.0. The maximum Gasteiger partial charge on any atom is 0.252 e. The lowest BCUT2D eigenvalue weighted by molar-refractivity contribution is 0.0960. The van der Waals surface area contributed by atoms with Gasteiger partial charge >= 0.3 is 0 Å². The summed E-state index contributed by atoms with van der Waals surface area (Å²) >= 11 is 0. The molecule has 0 saturated carbocycles. The summed E-state index contributed by atoms with van der Waals surface area (Å²) in [7, 11) is 0. The highest BCUT2D eigenvalue weighted by atomic mass is 16.3. The molecule has 0 radical (unpaired) electrons. The van der Waals surface area contributed by atoms with E-state index >= 15 is 0 Å². The minimum Gasteiger partial charge on any atom is -0.508 e. The van der Waals surface area contributed by atoms with Crippen molar-refractivity contribution in [3.8, 4) is 5.75 Å². The van der Waals surface area contributed by atoms with Crippen LogP contribution in [0.3, 0.4) is 0 Å². The van der Waals surface area contributed by atoms with Crippen molar-refractivity contribution in [2.45, 2.75) is 44.8 Å². The van der Waals surface area contributed by atoms with E-state index in [2.05, 4.69) is 67.8 Å². The molecule has 0 spiro atoms. The van der Waals surface area contributed by atoms with Crippen LogP contribution in [0.1, 0.15) is 57.3 Å². The molecule has 3 aromatic carbocycles. The topological polar surface area (TPSA) is 127 Å². The van der Waals surface area contributed by atoms with E-state index in [-0.39, 0.29) is 17.7 Å². The van der Waals surface area contributed by atoms with E-state index in [4.69, 9.17) is 5.73 Å². The zero-order chi connectivity index (χ0) is 28.6. The number of hydrogen-bond donors (Lipinski definition) is 4. The molecule has 3 aromatic heterocycles. The molecule has 1 amide bonds. The molecule has 212 valence electrons. The number of carbonyl (C=O) groups excluding carboxylic acids is 1. The van der Waals surface area contributed by atoms with Gasteiger partial charge in [-0.2, -0.15) is 0 Å². The normalized spacial score (nSPS) is 14.6. The lowest BCUT2D eigenvalue weighted by Crippen LogP contribution is -2.20. The van der Waals surface area contributed by atoms with Gasteiger partial charge in [-0.15, -0.1) is 5.10 Å². The van der Waals surface area contributed by atoms with Gasteiger partial charge in [-0.3, -0.25) is 9.48 Å². The number of phenolic OH excluding ortho intramolecular Hbond substituents is 1. The van der Waals surface area contributed by atoms with E-state index in [0.29, 0.717) is 18.7 Å². The van der Waals surface area contributed by atoms with E-state index in [1.807, 2.05) is 23.0 Å². The number of benzene rings is 3. The summed E-state index contributed by atoms with van der Waals surface area (Å²) < 4.78 is 4.08. The van der Waals surface area contributed by atoms with Crippen LogP contribution < -0.4 is 11.1 Å². The zero-order valence-corrected chi connectivity index (χ0v) is 23.3. The van der Waals surface area contributed by atoms with Gasteiger partial charge in [-0.25, -0.2) is 0 Å². The highest BCUT2D eigenvalue weighted by Gasteiger charge is 2.33. The fourth-order valence-corrected chi connectivity index (χ4v) is 6.20. The van der Waals surface area contributed by atoms with E-state index < -0.39 is 0 Å². The Balaban J connectivity index is 1.11. The number of nitrogens with one attached hydrogen (secondary N) is 2. The third-order valence-corrected chi connectivity index (χ3v) is 8.22. The minimum atomic E-state index is -0.307. The maximum atomic E-state index is 12.8. The van der Waals surface area contributed by atoms with Crippen LogP contribution in [0.2, 0.25) is 0 Å². The number of amides is 1. The van der Waals surface area contributed by atoms with E-state index in [0.717, 1.165) is 65.6 Å². The molecule has 9 heteroatoms. The molecule has 1 aliphatic heterocycles. The highest BCUT2D eigenvalue weighted by molar-refractivity contribution is 6.01. The predicted molar refractivity (Wildman–Crippen MR) is 162 cm³/mol. The highest BCUT2D eigenvalue weighted by Crippen LogP contribution is 2.39. The average Bonchev–Trinajstić information content (AvgIpc) is 3.77. The number of aromatic hydroxyl groups is 1. The molecular formula is C33H33N7O2. The van der Waals surface area contributed by atoms with Gasteiger partial charge in [0.2, 0.25) is 0 Å². The number of nitrogens with two attached hydrogens (primary N) is 1. The smallest absolute Gasteiger partial charge is 0.252 e. The van der Waals surface area contributed by atoms with Crippen molar-refractivity contribution in [3.63, 3.8) is 0 Å². The summed E-state index contributed by atoms with van der Waals surface area (Å²) in [6.45, 7) is 2.08. The third kappa shape index (κ3) is 4.81. The van der Waals surface area contributed by atoms with E-state index in [1.54, 1.807) is 18.2 Å². The van der Waals surface area contributed by atoms with Crippen molar-refractivity contribution >= 4 is 27.7 Å². The summed E-state index contributed by atoms with van der Waals surface area (Å²) in [5, 5.41) is 24.2. The molecule has 0 saturated heterocycles. The number of rotatable bonds is 10. The molecule has 0 bridgehead atoms. The minimum absolute atomic E-state index is 0.111. The number of aromatic amines is 1. The molecule has 7 rings (SSSR count). The summed E-state index contributed by atoms with van der Waals surface area (Å²) in [6, 6.07) is 21.7. The van der Waals surface area contributed by atoms with Crippen LogP contribution in [-0.2, 0) is 25.9 Å². The average molecular weight is 560 g/mol. The molecule has 42 heavy (non-hydrogen) atoms. The van der Waals surface area contributed by atoms with Crippen LogP contribution in [0.5, 0.6) is 5.75 Å². The standard InChI is InChI=1S/C33H33N7O2/c34-14-4-15-40-20-23(37-38-40)19-39-16-13-22-10-9-21(17-30(22)39)5-3-8-29-31(26-6-1-2-7-28(26)35-29)32-27-18-24(41)11-12-25(27)33(42)36-32/h1-2,6-7,9-13,16-18,20,32,35,41H,3-5,8,14-15,19,34H2,(H,36,42). The van der Waals surface area contributed by atoms with Crippen LogP contribution in [0, 0.1) is 0 Å². The summed E-state index contributed by atoms with van der Waals surface area (Å²) in [5.74, 6) is 0.0497. The Kier molecular flexibility index (Phi) is 6.71. The van der Waals surface area contributed by atoms with Gasteiger partial charge in [0.1, 0.15) is 11.4 Å². The van der Waals surface area contributed by atoms with Gasteiger partial charge in [0, 0.05) is 46.0 Å². The largest absolute Gasteiger partial charge is 0.508 e. The first-order valence-corrected chi connectivity index (χ1v) is 14.5. The van der Waals surface area contributed by atoms with E-state index in [9.17, 15) is 9.90 Å². The number of fused-ring (bicyclic) bond motifs is 3. The summed E-state index contributed by atoms with van der Waals surface area (Å²) in [4.78, 5) is 16.4. The van der Waals surface area contributed by atoms with Crippen LogP contribution in [0.4, 0.5) is 0 Å². The Morgan fingerprint density at radius 1 is 1.00 bits per heavy atom. The number of carbonyl (C=O) groups is 1. The zero-order valence-electron chi connectivity index (χ0n) is 23.3. The molecular weight excluding hydrogens is 526 g/mol. The van der Waals surface area contributed by atoms with Crippen molar-refractivity contribution in [2.24, 2.45) is 5.73 Å². The number of aromatic nitrogens is 5. The Bertz CT molecular complexity index is 1910. The molecule has 1 aliphatic rings. The maximum absolute atomic E-state index is 12.8. The van der Waals surface area contributed by atoms with Gasteiger partial charge in [0.15, 0.2) is 0 Å². The monoisotopic (exact) mass is 559 g/mol. The van der Waals surface area contributed by atoms with Crippen LogP contribution in [-0.4, -0.2) is 42.1 Å². The second kappa shape index (κ2) is 10.8. The van der Waals surface area contributed by atoms with Crippen LogP contribution >= 0.6 is 0 Å². The van der Waals surface area contributed by atoms with Crippen molar-refractivity contribution < 1.29 is 9.90 Å². The van der Waals surface area contributed by atoms with Gasteiger partial charge in [-0.05, 0) is 85.1 Å². The number of para-hydroxylation sites is 1. The first-order chi connectivity index (χ1) is 20.6. The molecule has 6 aromatic rings. The number of phenols is 1. The second-order valence-electron chi connectivity index (χ2n) is 11.0. The molecule has 1 atom stereocenters. The number of H-pyrrole nitrogens is 1. The third-order valence-electron chi connectivity index (χ3n) is 8.22. The van der Waals surface area contributed by atoms with E-state index in [1.165, 1.54) is 16.5 Å². The van der Waals surface area contributed by atoms with Gasteiger partial charge < -0.3 is 25.7 Å². The van der Waals surface area contributed by atoms with Crippen LogP contribution in [0.15, 0.2) is 79.1 Å². The molecule has 0 aliphatic carbocycles. The molecule has 1 unspecified atom stereocenters.